The van der Waals surface area contributed by atoms with Crippen molar-refractivity contribution in [3.05, 3.63) is 40.3 Å². The number of aryl methyl sites for hydroxylation is 1. The van der Waals surface area contributed by atoms with Crippen molar-refractivity contribution in [2.75, 3.05) is 19.2 Å². The lowest BCUT2D eigenvalue weighted by molar-refractivity contribution is 0.0602. The third kappa shape index (κ3) is 3.86. The van der Waals surface area contributed by atoms with E-state index in [2.05, 4.69) is 16.2 Å². The normalized spacial score (nSPS) is 11.6. The highest BCUT2D eigenvalue weighted by atomic mass is 32.1. The molecule has 0 saturated carbocycles. The number of anilines is 1. The van der Waals surface area contributed by atoms with Crippen molar-refractivity contribution < 1.29 is 23.8 Å². The van der Waals surface area contributed by atoms with Gasteiger partial charge >= 0.3 is 5.97 Å². The van der Waals surface area contributed by atoms with Crippen molar-refractivity contribution in [1.82, 2.24) is 10.9 Å². The molecule has 0 saturated heterocycles. The molecule has 3 N–H and O–H groups in total. The molecule has 3 rings (SSSR count). The third-order valence-corrected chi connectivity index (χ3v) is 4.58. The van der Waals surface area contributed by atoms with Gasteiger partial charge in [-0.1, -0.05) is 0 Å². The number of rotatable bonds is 3. The summed E-state index contributed by atoms with van der Waals surface area (Å²) < 4.78 is 15.2. The number of fused-ring (bicyclic) bond motifs is 1. The van der Waals surface area contributed by atoms with Gasteiger partial charge in [0, 0.05) is 10.4 Å². The van der Waals surface area contributed by atoms with Gasteiger partial charge in [-0.25, -0.2) is 4.79 Å². The molecule has 0 radical (unpaired) electrons. The van der Waals surface area contributed by atoms with Crippen LogP contribution in [0, 0.1) is 6.92 Å². The Morgan fingerprint density at radius 3 is 2.73 bits per heavy atom. The van der Waals surface area contributed by atoms with Crippen LogP contribution in [0.5, 0.6) is 11.5 Å². The number of nitrogens with one attached hydrogen (secondary N) is 3. The number of hydrazine groups is 1. The third-order valence-electron chi connectivity index (χ3n) is 3.41. The largest absolute Gasteiger partial charge is 0.465 e. The first-order chi connectivity index (χ1) is 12.5. The number of thiophene rings is 1. The van der Waals surface area contributed by atoms with Crippen molar-refractivity contribution in [2.45, 2.75) is 6.92 Å². The van der Waals surface area contributed by atoms with Gasteiger partial charge in [0.25, 0.3) is 5.91 Å². The number of methoxy groups -OCH3 is 1. The van der Waals surface area contributed by atoms with Crippen LogP contribution in [-0.4, -0.2) is 30.9 Å². The number of carbonyl (C=O) groups is 2. The van der Waals surface area contributed by atoms with Gasteiger partial charge in [0.1, 0.15) is 5.00 Å². The Bertz CT molecular complexity index is 881. The van der Waals surface area contributed by atoms with Crippen LogP contribution in [0.4, 0.5) is 5.00 Å². The first-order valence-electron chi connectivity index (χ1n) is 7.43. The first kappa shape index (κ1) is 18.0. The Labute approximate surface area is 158 Å². The zero-order chi connectivity index (χ0) is 18.7. The van der Waals surface area contributed by atoms with Crippen LogP contribution >= 0.6 is 23.6 Å². The molecule has 0 atom stereocenters. The Hall–Kier alpha value is -2.85. The molecule has 1 aliphatic heterocycles. The molecule has 0 bridgehead atoms. The van der Waals surface area contributed by atoms with Crippen LogP contribution in [0.25, 0.3) is 0 Å². The zero-order valence-corrected chi connectivity index (χ0v) is 15.5. The lowest BCUT2D eigenvalue weighted by Crippen LogP contribution is -2.43. The second-order valence-electron chi connectivity index (χ2n) is 5.19. The summed E-state index contributed by atoms with van der Waals surface area (Å²) in [5, 5.41) is 3.54. The topological polar surface area (TPSA) is 97.9 Å². The maximum Gasteiger partial charge on any atom is 0.340 e. The Morgan fingerprint density at radius 2 is 1.96 bits per heavy atom. The van der Waals surface area contributed by atoms with E-state index in [1.807, 2.05) is 6.92 Å². The first-order valence-corrected chi connectivity index (χ1v) is 8.66. The van der Waals surface area contributed by atoms with E-state index in [9.17, 15) is 9.59 Å². The SMILES string of the molecule is COC(=O)c1cc(C)sc1NC(=S)NNC(=O)c1ccc2c(c1)OCO2. The fourth-order valence-electron chi connectivity index (χ4n) is 2.23. The minimum atomic E-state index is -0.468. The molecule has 0 spiro atoms. The maximum absolute atomic E-state index is 12.2. The van der Waals surface area contributed by atoms with Crippen molar-refractivity contribution >= 4 is 45.5 Å². The lowest BCUT2D eigenvalue weighted by atomic mass is 10.2. The van der Waals surface area contributed by atoms with Gasteiger partial charge in [-0.05, 0) is 43.4 Å². The summed E-state index contributed by atoms with van der Waals surface area (Å²) in [6.07, 6.45) is 0. The van der Waals surface area contributed by atoms with Gasteiger partial charge in [0.2, 0.25) is 6.79 Å². The average Bonchev–Trinajstić information content (AvgIpc) is 3.24. The molecule has 1 aromatic heterocycles. The Morgan fingerprint density at radius 1 is 1.19 bits per heavy atom. The number of ether oxygens (including phenoxy) is 3. The number of benzene rings is 1. The standard InChI is InChI=1S/C16H15N3O5S2/c1-8-5-10(15(21)22-2)14(26-8)17-16(25)19-18-13(20)9-3-4-11-12(6-9)24-7-23-11/h3-6H,7H2,1-2H3,(H,18,20)(H2,17,19,25). The Kier molecular flexibility index (Phi) is 5.24. The predicted octanol–water partition coefficient (Wildman–Crippen LogP) is 2.20. The predicted molar refractivity (Wildman–Crippen MR) is 99.8 cm³/mol. The molecule has 1 aliphatic rings. The molecular formula is C16H15N3O5S2. The second kappa shape index (κ2) is 7.58. The van der Waals surface area contributed by atoms with Gasteiger partial charge < -0.3 is 19.5 Å². The van der Waals surface area contributed by atoms with Crippen LogP contribution in [0.3, 0.4) is 0 Å². The maximum atomic E-state index is 12.2. The number of amides is 1. The minimum Gasteiger partial charge on any atom is -0.465 e. The molecule has 2 heterocycles. The summed E-state index contributed by atoms with van der Waals surface area (Å²) in [6, 6.07) is 6.55. The fourth-order valence-corrected chi connectivity index (χ4v) is 3.35. The van der Waals surface area contributed by atoms with Crippen molar-refractivity contribution in [2.24, 2.45) is 0 Å². The van der Waals surface area contributed by atoms with E-state index >= 15 is 0 Å². The zero-order valence-electron chi connectivity index (χ0n) is 13.9. The molecule has 10 heteroatoms. The molecule has 1 amide bonds. The molecule has 8 nitrogen and oxygen atoms in total. The van der Waals surface area contributed by atoms with Crippen molar-refractivity contribution in [1.29, 1.82) is 0 Å². The van der Waals surface area contributed by atoms with Crippen LogP contribution < -0.4 is 25.6 Å². The lowest BCUT2D eigenvalue weighted by Gasteiger charge is -2.11. The highest BCUT2D eigenvalue weighted by Crippen LogP contribution is 2.32. The highest BCUT2D eigenvalue weighted by Gasteiger charge is 2.18. The van der Waals surface area contributed by atoms with Crippen molar-refractivity contribution in [3.63, 3.8) is 0 Å². The smallest absolute Gasteiger partial charge is 0.340 e. The van der Waals surface area contributed by atoms with Crippen molar-refractivity contribution in [3.8, 4) is 11.5 Å². The van der Waals surface area contributed by atoms with Gasteiger partial charge in [0.15, 0.2) is 16.6 Å². The average molecular weight is 393 g/mol. The van der Waals surface area contributed by atoms with E-state index in [0.717, 1.165) is 4.88 Å². The fraction of sp³-hybridized carbons (Fsp3) is 0.188. The van der Waals surface area contributed by atoms with Crippen LogP contribution in [-0.2, 0) is 4.74 Å². The molecule has 0 fully saturated rings. The summed E-state index contributed by atoms with van der Waals surface area (Å²) in [7, 11) is 1.31. The molecule has 0 aliphatic carbocycles. The number of hydrogen-bond donors (Lipinski definition) is 3. The monoisotopic (exact) mass is 393 g/mol. The molecular weight excluding hydrogens is 378 g/mol. The van der Waals surface area contributed by atoms with E-state index in [1.165, 1.54) is 18.4 Å². The summed E-state index contributed by atoms with van der Waals surface area (Å²) in [6.45, 7) is 2.00. The van der Waals surface area contributed by atoms with Gasteiger partial charge in [-0.2, -0.15) is 0 Å². The van der Waals surface area contributed by atoms with Crippen LogP contribution in [0.2, 0.25) is 0 Å². The summed E-state index contributed by atoms with van der Waals surface area (Å²) in [5.41, 5.74) is 5.83. The minimum absolute atomic E-state index is 0.131. The Balaban J connectivity index is 1.59. The highest BCUT2D eigenvalue weighted by molar-refractivity contribution is 7.80. The number of carbonyl (C=O) groups excluding carboxylic acids is 2. The summed E-state index contributed by atoms with van der Waals surface area (Å²) in [5.74, 6) is 0.234. The number of esters is 1. The van der Waals surface area contributed by atoms with Crippen LogP contribution in [0.1, 0.15) is 25.6 Å². The molecule has 26 heavy (non-hydrogen) atoms. The van der Waals surface area contributed by atoms with E-state index in [1.54, 1.807) is 24.3 Å². The second-order valence-corrected chi connectivity index (χ2v) is 6.86. The number of thiocarbonyl (C=S) groups is 1. The van der Waals surface area contributed by atoms with Gasteiger partial charge in [0.05, 0.1) is 12.7 Å². The van der Waals surface area contributed by atoms with E-state index in [4.69, 9.17) is 26.4 Å². The molecule has 1 aromatic carbocycles. The summed E-state index contributed by atoms with van der Waals surface area (Å²) in [4.78, 5) is 24.9. The van der Waals surface area contributed by atoms with Crippen LogP contribution in [0.15, 0.2) is 24.3 Å². The molecule has 2 aromatic rings. The van der Waals surface area contributed by atoms with Gasteiger partial charge in [-0.3, -0.25) is 15.6 Å². The quantitative estimate of drug-likeness (QED) is 0.415. The van der Waals surface area contributed by atoms with E-state index in [-0.39, 0.29) is 11.9 Å². The molecule has 136 valence electrons. The van der Waals surface area contributed by atoms with E-state index < -0.39 is 11.9 Å². The van der Waals surface area contributed by atoms with E-state index in [0.29, 0.717) is 27.6 Å². The molecule has 0 unspecified atom stereocenters. The van der Waals surface area contributed by atoms with Gasteiger partial charge in [-0.15, -0.1) is 11.3 Å². The number of hydrogen-bond acceptors (Lipinski definition) is 7. The summed E-state index contributed by atoms with van der Waals surface area (Å²) >= 11 is 6.50.